The van der Waals surface area contributed by atoms with Crippen molar-refractivity contribution in [3.05, 3.63) is 50.9 Å². The molecule has 1 heterocycles. The third kappa shape index (κ3) is 4.53. The van der Waals surface area contributed by atoms with Crippen molar-refractivity contribution in [2.45, 2.75) is 0 Å². The van der Waals surface area contributed by atoms with E-state index in [-0.39, 0.29) is 12.5 Å². The van der Waals surface area contributed by atoms with Gasteiger partial charge in [-0.15, -0.1) is 0 Å². The first-order chi connectivity index (χ1) is 9.65. The van der Waals surface area contributed by atoms with E-state index < -0.39 is 0 Å². The molecule has 1 aromatic heterocycles. The number of hydrogen-bond acceptors (Lipinski definition) is 4. The molecular weight excluding hydrogens is 395 g/mol. The van der Waals surface area contributed by atoms with Crippen LogP contribution in [0.25, 0.3) is 0 Å². The Kier molecular flexibility index (Phi) is 5.42. The van der Waals surface area contributed by atoms with E-state index in [0.29, 0.717) is 16.5 Å². The van der Waals surface area contributed by atoms with E-state index in [4.69, 9.17) is 20.8 Å². The summed E-state index contributed by atoms with van der Waals surface area (Å²) >= 11 is 7.94. The number of ether oxygens (including phenoxy) is 1. The monoisotopic (exact) mass is 404 g/mol. The van der Waals surface area contributed by atoms with Gasteiger partial charge in [0.15, 0.2) is 10.4 Å². The Morgan fingerprint density at radius 1 is 1.40 bits per heavy atom. The highest BCUT2D eigenvalue weighted by atomic mass is 127. The van der Waals surface area contributed by atoms with E-state index in [1.165, 1.54) is 6.21 Å². The number of hydrazone groups is 1. The van der Waals surface area contributed by atoms with E-state index in [0.717, 1.165) is 3.77 Å². The number of furan rings is 1. The van der Waals surface area contributed by atoms with Crippen LogP contribution in [0.2, 0.25) is 5.02 Å². The lowest BCUT2D eigenvalue weighted by molar-refractivity contribution is -0.123. The van der Waals surface area contributed by atoms with Gasteiger partial charge in [0, 0.05) is 0 Å². The zero-order valence-corrected chi connectivity index (χ0v) is 13.1. The molecule has 5 nitrogen and oxygen atoms in total. The molecule has 0 aliphatic heterocycles. The molecule has 104 valence electrons. The van der Waals surface area contributed by atoms with Crippen molar-refractivity contribution in [1.82, 2.24) is 5.43 Å². The van der Waals surface area contributed by atoms with E-state index >= 15 is 0 Å². The Labute approximate surface area is 134 Å². The summed E-state index contributed by atoms with van der Waals surface area (Å²) in [6.07, 6.45) is 1.41. The van der Waals surface area contributed by atoms with E-state index in [2.05, 4.69) is 10.5 Å². The molecule has 0 radical (unpaired) electrons. The van der Waals surface area contributed by atoms with Crippen LogP contribution in [0.3, 0.4) is 0 Å². The van der Waals surface area contributed by atoms with Crippen LogP contribution in [0, 0.1) is 3.77 Å². The maximum atomic E-state index is 11.5. The number of halogens is 2. The lowest BCUT2D eigenvalue weighted by atomic mass is 10.3. The van der Waals surface area contributed by atoms with Gasteiger partial charge < -0.3 is 9.15 Å². The molecule has 0 saturated heterocycles. The fraction of sp³-hybridized carbons (Fsp3) is 0.0769. The van der Waals surface area contributed by atoms with Gasteiger partial charge in [0.2, 0.25) is 0 Å². The molecule has 0 bridgehead atoms. The molecule has 0 atom stereocenters. The minimum absolute atomic E-state index is 0.170. The molecule has 1 aromatic carbocycles. The number of amides is 1. The Morgan fingerprint density at radius 3 is 2.90 bits per heavy atom. The van der Waals surface area contributed by atoms with Crippen LogP contribution in [0.5, 0.6) is 5.75 Å². The van der Waals surface area contributed by atoms with Crippen LogP contribution < -0.4 is 10.2 Å². The van der Waals surface area contributed by atoms with Gasteiger partial charge in [-0.05, 0) is 46.9 Å². The smallest absolute Gasteiger partial charge is 0.277 e. The number of nitrogens with one attached hydrogen (secondary N) is 1. The van der Waals surface area contributed by atoms with Crippen molar-refractivity contribution in [1.29, 1.82) is 0 Å². The zero-order valence-electron chi connectivity index (χ0n) is 10.2. The minimum Gasteiger partial charge on any atom is -0.482 e. The summed E-state index contributed by atoms with van der Waals surface area (Å²) < 4.78 is 11.3. The second-order valence-corrected chi connectivity index (χ2v) is 5.12. The van der Waals surface area contributed by atoms with E-state index in [1.807, 2.05) is 22.6 Å². The molecule has 1 N–H and O–H groups in total. The van der Waals surface area contributed by atoms with Gasteiger partial charge in [-0.2, -0.15) is 5.10 Å². The van der Waals surface area contributed by atoms with Crippen LogP contribution in [-0.2, 0) is 4.79 Å². The van der Waals surface area contributed by atoms with Crippen LogP contribution in [0.15, 0.2) is 45.9 Å². The van der Waals surface area contributed by atoms with Crippen LogP contribution >= 0.6 is 34.2 Å². The number of hydrogen-bond donors (Lipinski definition) is 1. The van der Waals surface area contributed by atoms with Crippen molar-refractivity contribution in [3.63, 3.8) is 0 Å². The average molecular weight is 405 g/mol. The van der Waals surface area contributed by atoms with Crippen molar-refractivity contribution >= 4 is 46.3 Å². The maximum absolute atomic E-state index is 11.5. The van der Waals surface area contributed by atoms with Crippen molar-refractivity contribution in [3.8, 4) is 5.75 Å². The SMILES string of the molecule is O=C(COc1ccccc1Cl)N/N=C\c1ccc(I)o1. The Bertz CT molecular complexity index is 628. The highest BCUT2D eigenvalue weighted by Gasteiger charge is 2.04. The summed E-state index contributed by atoms with van der Waals surface area (Å²) in [4.78, 5) is 11.5. The van der Waals surface area contributed by atoms with Crippen molar-refractivity contribution < 1.29 is 13.9 Å². The van der Waals surface area contributed by atoms with Gasteiger partial charge in [0.05, 0.1) is 11.2 Å². The molecule has 20 heavy (non-hydrogen) atoms. The summed E-state index contributed by atoms with van der Waals surface area (Å²) in [5.74, 6) is 0.623. The number of carbonyl (C=O) groups excluding carboxylic acids is 1. The first-order valence-electron chi connectivity index (χ1n) is 5.60. The summed E-state index contributed by atoms with van der Waals surface area (Å²) in [6, 6.07) is 10.5. The molecule has 0 unspecified atom stereocenters. The molecule has 0 aliphatic carbocycles. The quantitative estimate of drug-likeness (QED) is 0.473. The molecule has 2 aromatic rings. The molecular formula is C13H10ClIN2O3. The predicted molar refractivity (Wildman–Crippen MR) is 84.1 cm³/mol. The first kappa shape index (κ1) is 14.9. The first-order valence-corrected chi connectivity index (χ1v) is 7.05. The maximum Gasteiger partial charge on any atom is 0.277 e. The van der Waals surface area contributed by atoms with Gasteiger partial charge in [0.1, 0.15) is 11.5 Å². The van der Waals surface area contributed by atoms with Gasteiger partial charge in [-0.3, -0.25) is 4.79 Å². The van der Waals surface area contributed by atoms with Crippen LogP contribution in [0.4, 0.5) is 0 Å². The van der Waals surface area contributed by atoms with Gasteiger partial charge in [-0.1, -0.05) is 23.7 Å². The minimum atomic E-state index is -0.387. The van der Waals surface area contributed by atoms with E-state index in [1.54, 1.807) is 36.4 Å². The normalized spacial score (nSPS) is 10.7. The highest BCUT2D eigenvalue weighted by molar-refractivity contribution is 14.1. The second kappa shape index (κ2) is 7.30. The lowest BCUT2D eigenvalue weighted by Gasteiger charge is -2.05. The fourth-order valence-corrected chi connectivity index (χ4v) is 1.93. The van der Waals surface area contributed by atoms with Crippen LogP contribution in [0.1, 0.15) is 5.76 Å². The zero-order chi connectivity index (χ0) is 14.4. The molecule has 2 rings (SSSR count). The lowest BCUT2D eigenvalue weighted by Crippen LogP contribution is -2.24. The number of benzene rings is 1. The standard InChI is InChI=1S/C13H10ClIN2O3/c14-10-3-1-2-4-11(10)19-8-13(18)17-16-7-9-5-6-12(15)20-9/h1-7H,8H2,(H,17,18)/b16-7-. The third-order valence-electron chi connectivity index (χ3n) is 2.17. The van der Waals surface area contributed by atoms with Gasteiger partial charge >= 0.3 is 0 Å². The molecule has 0 aliphatic rings. The number of carbonyl (C=O) groups is 1. The van der Waals surface area contributed by atoms with Crippen molar-refractivity contribution in [2.24, 2.45) is 5.10 Å². The van der Waals surface area contributed by atoms with Crippen molar-refractivity contribution in [2.75, 3.05) is 6.61 Å². The van der Waals surface area contributed by atoms with Crippen LogP contribution in [-0.4, -0.2) is 18.7 Å². The average Bonchev–Trinajstić information content (AvgIpc) is 2.83. The van der Waals surface area contributed by atoms with Gasteiger partial charge in [-0.25, -0.2) is 5.43 Å². The molecule has 0 fully saturated rings. The largest absolute Gasteiger partial charge is 0.482 e. The predicted octanol–water partition coefficient (Wildman–Crippen LogP) is 3.07. The topological polar surface area (TPSA) is 63.8 Å². The number of nitrogens with zero attached hydrogens (tertiary/aromatic N) is 1. The Hall–Kier alpha value is -1.54. The summed E-state index contributed by atoms with van der Waals surface area (Å²) in [7, 11) is 0. The Balaban J connectivity index is 1.78. The fourth-order valence-electron chi connectivity index (χ4n) is 1.30. The molecule has 0 saturated carbocycles. The summed E-state index contributed by atoms with van der Waals surface area (Å²) in [6.45, 7) is -0.170. The molecule has 0 spiro atoms. The van der Waals surface area contributed by atoms with E-state index in [9.17, 15) is 4.79 Å². The van der Waals surface area contributed by atoms with Gasteiger partial charge in [0.25, 0.3) is 5.91 Å². The summed E-state index contributed by atoms with van der Waals surface area (Å²) in [5, 5.41) is 4.21. The highest BCUT2D eigenvalue weighted by Crippen LogP contribution is 2.22. The number of para-hydroxylation sites is 1. The molecule has 7 heteroatoms. The third-order valence-corrected chi connectivity index (χ3v) is 3.06. The summed E-state index contributed by atoms with van der Waals surface area (Å²) in [5.41, 5.74) is 2.33. The number of rotatable bonds is 5. The molecule has 1 amide bonds. The Morgan fingerprint density at radius 2 is 2.20 bits per heavy atom. The second-order valence-electron chi connectivity index (χ2n) is 3.65.